The number of hydrogen-bond acceptors (Lipinski definition) is 7. The van der Waals surface area contributed by atoms with Crippen molar-refractivity contribution in [2.75, 3.05) is 20.7 Å². The third-order valence-electron chi connectivity index (χ3n) is 5.26. The van der Waals surface area contributed by atoms with Gasteiger partial charge in [0.05, 0.1) is 7.11 Å². The van der Waals surface area contributed by atoms with E-state index in [1.54, 1.807) is 0 Å². The number of rotatable bonds is 6. The molecule has 0 saturated carbocycles. The van der Waals surface area contributed by atoms with Gasteiger partial charge < -0.3 is 19.7 Å². The minimum atomic E-state index is -1.21. The number of amides is 1. The first kappa shape index (κ1) is 21.4. The summed E-state index contributed by atoms with van der Waals surface area (Å²) in [4.78, 5) is 45.3. The molecule has 1 saturated heterocycles. The Balaban J connectivity index is 1.97. The number of aromatic amines is 1. The zero-order valence-corrected chi connectivity index (χ0v) is 16.9. The van der Waals surface area contributed by atoms with Crippen LogP contribution in [0, 0.1) is 5.82 Å². The lowest BCUT2D eigenvalue weighted by Gasteiger charge is -2.26. The van der Waals surface area contributed by atoms with E-state index in [2.05, 4.69) is 15.3 Å². The molecule has 1 aromatic heterocycles. The molecule has 0 spiro atoms. The number of Topliss-reactive ketones (excluding diaryl/α,β-unsaturated/α-hetero) is 1. The van der Waals surface area contributed by atoms with Crippen molar-refractivity contribution in [2.45, 2.75) is 31.8 Å². The molecule has 0 bridgehead atoms. The van der Waals surface area contributed by atoms with Gasteiger partial charge in [-0.2, -0.15) is 0 Å². The van der Waals surface area contributed by atoms with Gasteiger partial charge in [-0.15, -0.1) is 0 Å². The molecule has 1 aliphatic rings. The van der Waals surface area contributed by atoms with Crippen LogP contribution in [0.4, 0.5) is 4.39 Å². The van der Waals surface area contributed by atoms with Gasteiger partial charge in [-0.3, -0.25) is 19.7 Å². The maximum atomic E-state index is 13.4. The van der Waals surface area contributed by atoms with Gasteiger partial charge in [0.25, 0.3) is 11.5 Å². The number of nitrogens with zero attached hydrogens (tertiary/aromatic N) is 2. The summed E-state index contributed by atoms with van der Waals surface area (Å²) in [5.41, 5.74) is -2.06. The molecule has 2 heterocycles. The van der Waals surface area contributed by atoms with Crippen LogP contribution in [-0.4, -0.2) is 52.4 Å². The van der Waals surface area contributed by atoms with E-state index < -0.39 is 34.3 Å². The van der Waals surface area contributed by atoms with Gasteiger partial charge in [0.15, 0.2) is 11.5 Å². The average molecular weight is 418 g/mol. The number of methoxy groups -OCH3 is 1. The second-order valence-corrected chi connectivity index (χ2v) is 7.22. The normalized spacial score (nSPS) is 18.3. The number of carbonyl (C=O) groups is 2. The van der Waals surface area contributed by atoms with E-state index in [9.17, 15) is 23.9 Å². The van der Waals surface area contributed by atoms with Crippen molar-refractivity contribution in [1.82, 2.24) is 20.2 Å². The maximum absolute atomic E-state index is 13.4. The smallest absolute Gasteiger partial charge is 0.294 e. The van der Waals surface area contributed by atoms with Crippen molar-refractivity contribution in [2.24, 2.45) is 0 Å². The molecule has 2 aromatic rings. The second-order valence-electron chi connectivity index (χ2n) is 7.22. The summed E-state index contributed by atoms with van der Waals surface area (Å²) < 4.78 is 18.5. The molecular formula is C20H23FN4O5. The zero-order valence-electron chi connectivity index (χ0n) is 16.9. The Morgan fingerprint density at radius 1 is 1.40 bits per heavy atom. The molecular weight excluding hydrogens is 395 g/mol. The lowest BCUT2D eigenvalue weighted by molar-refractivity contribution is -0.123. The Morgan fingerprint density at radius 3 is 2.73 bits per heavy atom. The van der Waals surface area contributed by atoms with E-state index in [1.165, 1.54) is 44.2 Å². The van der Waals surface area contributed by atoms with Crippen LogP contribution in [-0.2, 0) is 16.9 Å². The lowest BCUT2D eigenvalue weighted by atomic mass is 9.91. The third-order valence-corrected chi connectivity index (χ3v) is 5.26. The van der Waals surface area contributed by atoms with E-state index in [0.717, 1.165) is 0 Å². The predicted octanol–water partition coefficient (Wildman–Crippen LogP) is 1.06. The van der Waals surface area contributed by atoms with E-state index in [-0.39, 0.29) is 23.9 Å². The molecule has 0 radical (unpaired) electrons. The Kier molecular flexibility index (Phi) is 5.88. The molecule has 1 aromatic carbocycles. The summed E-state index contributed by atoms with van der Waals surface area (Å²) in [7, 11) is 2.83. The first-order valence-electron chi connectivity index (χ1n) is 9.37. The van der Waals surface area contributed by atoms with Gasteiger partial charge in [-0.05, 0) is 32.4 Å². The van der Waals surface area contributed by atoms with Crippen molar-refractivity contribution >= 4 is 11.7 Å². The van der Waals surface area contributed by atoms with Crippen molar-refractivity contribution in [3.63, 3.8) is 0 Å². The lowest BCUT2D eigenvalue weighted by Crippen LogP contribution is -2.46. The van der Waals surface area contributed by atoms with Crippen LogP contribution in [0.2, 0.25) is 0 Å². The average Bonchev–Trinajstić information content (AvgIpc) is 3.22. The standard InChI is InChI=1S/C20H23FN4O5/c1-11(26)20(7-4-8-22-20)19-23-15(16(27)17(28)24-19)18(29)25(2)10-12-5-6-13(21)9-14(12)30-3/h5-6,9,22,27H,4,7-8,10H2,1-3H3,(H,23,24,28)/t20-/m1/s1. The molecule has 1 amide bonds. The first-order chi connectivity index (χ1) is 14.2. The molecule has 1 fully saturated rings. The number of H-pyrrole nitrogens is 1. The van der Waals surface area contributed by atoms with Crippen LogP contribution in [0.25, 0.3) is 0 Å². The van der Waals surface area contributed by atoms with Gasteiger partial charge in [0, 0.05) is 25.2 Å². The topological polar surface area (TPSA) is 125 Å². The maximum Gasteiger partial charge on any atom is 0.294 e. The summed E-state index contributed by atoms with van der Waals surface area (Å²) in [5, 5.41) is 13.2. The number of hydrogen-bond donors (Lipinski definition) is 3. The number of nitrogens with one attached hydrogen (secondary N) is 2. The highest BCUT2D eigenvalue weighted by Gasteiger charge is 2.43. The van der Waals surface area contributed by atoms with E-state index >= 15 is 0 Å². The fraction of sp³-hybridized carbons (Fsp3) is 0.400. The summed E-state index contributed by atoms with van der Waals surface area (Å²) in [6.45, 7) is 1.94. The van der Waals surface area contributed by atoms with Crippen LogP contribution in [0.5, 0.6) is 11.5 Å². The van der Waals surface area contributed by atoms with Gasteiger partial charge >= 0.3 is 0 Å². The molecule has 3 rings (SSSR count). The molecule has 30 heavy (non-hydrogen) atoms. The number of aromatic nitrogens is 2. The fourth-order valence-electron chi connectivity index (χ4n) is 3.59. The number of halogens is 1. The fourth-order valence-corrected chi connectivity index (χ4v) is 3.59. The molecule has 1 atom stereocenters. The van der Waals surface area contributed by atoms with Gasteiger partial charge in [0.1, 0.15) is 22.9 Å². The molecule has 10 heteroatoms. The highest BCUT2D eigenvalue weighted by atomic mass is 19.1. The summed E-state index contributed by atoms with van der Waals surface area (Å²) in [6.07, 6.45) is 1.10. The van der Waals surface area contributed by atoms with Crippen LogP contribution < -0.4 is 15.6 Å². The number of benzene rings is 1. The van der Waals surface area contributed by atoms with E-state index in [0.29, 0.717) is 24.9 Å². The van der Waals surface area contributed by atoms with Gasteiger partial charge in [0.2, 0.25) is 5.75 Å². The SMILES string of the molecule is COc1cc(F)ccc1CN(C)C(=O)c1nc([C@]2(C(C)=O)CCCN2)[nH]c(=O)c1O. The van der Waals surface area contributed by atoms with Crippen molar-refractivity contribution in [3.05, 3.63) is 51.5 Å². The number of ether oxygens (including phenoxy) is 1. The Morgan fingerprint density at radius 2 is 2.13 bits per heavy atom. The van der Waals surface area contributed by atoms with Crippen LogP contribution in [0.3, 0.4) is 0 Å². The van der Waals surface area contributed by atoms with Crippen molar-refractivity contribution < 1.29 is 23.8 Å². The van der Waals surface area contributed by atoms with Gasteiger partial charge in [-0.1, -0.05) is 6.07 Å². The quantitative estimate of drug-likeness (QED) is 0.641. The zero-order chi connectivity index (χ0) is 22.1. The highest BCUT2D eigenvalue weighted by molar-refractivity contribution is 5.95. The van der Waals surface area contributed by atoms with Crippen LogP contribution >= 0.6 is 0 Å². The predicted molar refractivity (Wildman–Crippen MR) is 105 cm³/mol. The molecule has 3 N–H and O–H groups in total. The first-order valence-corrected chi connectivity index (χ1v) is 9.37. The molecule has 9 nitrogen and oxygen atoms in total. The Hall–Kier alpha value is -3.27. The number of carbonyl (C=O) groups excluding carboxylic acids is 2. The number of ketones is 1. The summed E-state index contributed by atoms with van der Waals surface area (Å²) in [5.74, 6) is -2.06. The van der Waals surface area contributed by atoms with E-state index in [4.69, 9.17) is 4.74 Å². The summed E-state index contributed by atoms with van der Waals surface area (Å²) in [6, 6.07) is 3.90. The van der Waals surface area contributed by atoms with Crippen LogP contribution in [0.1, 0.15) is 41.6 Å². The minimum absolute atomic E-state index is 0.00795. The Labute approximate surface area is 171 Å². The molecule has 160 valence electrons. The van der Waals surface area contributed by atoms with Crippen LogP contribution in [0.15, 0.2) is 23.0 Å². The monoisotopic (exact) mass is 418 g/mol. The third kappa shape index (κ3) is 3.78. The molecule has 0 aliphatic carbocycles. The molecule has 1 aliphatic heterocycles. The Bertz CT molecular complexity index is 1050. The van der Waals surface area contributed by atoms with Gasteiger partial charge in [-0.25, -0.2) is 9.37 Å². The minimum Gasteiger partial charge on any atom is -0.501 e. The number of aromatic hydroxyl groups is 1. The van der Waals surface area contributed by atoms with Crippen molar-refractivity contribution in [3.8, 4) is 11.5 Å². The van der Waals surface area contributed by atoms with Crippen molar-refractivity contribution in [1.29, 1.82) is 0 Å². The second kappa shape index (κ2) is 8.23. The summed E-state index contributed by atoms with van der Waals surface area (Å²) >= 11 is 0. The highest BCUT2D eigenvalue weighted by Crippen LogP contribution is 2.30. The molecule has 0 unspecified atom stereocenters. The largest absolute Gasteiger partial charge is 0.501 e. The van der Waals surface area contributed by atoms with E-state index in [1.807, 2.05) is 0 Å².